The minimum Gasteiger partial charge on any atom is -0.472 e. The maximum absolute atomic E-state index is 11.3. The molecule has 2 N–H and O–H groups in total. The van der Waals surface area contributed by atoms with E-state index in [1.54, 1.807) is 24.7 Å². The van der Waals surface area contributed by atoms with E-state index in [2.05, 4.69) is 10.6 Å². The Kier molecular flexibility index (Phi) is 4.70. The van der Waals surface area contributed by atoms with Crippen molar-refractivity contribution >= 4 is 28.4 Å². The van der Waals surface area contributed by atoms with Crippen molar-refractivity contribution in [2.45, 2.75) is 22.9 Å². The van der Waals surface area contributed by atoms with Gasteiger partial charge in [0.25, 0.3) is 5.69 Å². The summed E-state index contributed by atoms with van der Waals surface area (Å²) in [5.41, 5.74) is 9.04. The van der Waals surface area contributed by atoms with Crippen LogP contribution in [0.4, 0.5) is 5.69 Å². The Balaban J connectivity index is 1.80. The maximum Gasteiger partial charge on any atom is 0.283 e. The van der Waals surface area contributed by atoms with E-state index in [9.17, 15) is 10.1 Å². The van der Waals surface area contributed by atoms with Crippen molar-refractivity contribution in [3.63, 3.8) is 0 Å². The van der Waals surface area contributed by atoms with E-state index in [0.29, 0.717) is 18.0 Å². The SMILES string of the molecule is NCc1ccc2c(Sc3ccccc3[N+](=O)[O-])cn(Cc3ccoc3)c2c1. The molecule has 4 rings (SSSR count). The standard InChI is InChI=1S/C20H17N3O3S/c21-10-14-5-6-16-18(9-14)22(11-15-7-8-26-13-15)12-20(16)27-19-4-2-1-3-17(19)23(24)25/h1-9,12-13H,10-11,21H2. The van der Waals surface area contributed by atoms with Crippen LogP contribution in [-0.2, 0) is 13.1 Å². The Bertz CT molecular complexity index is 1100. The normalized spacial score (nSPS) is 11.1. The molecular formula is C20H17N3O3S. The van der Waals surface area contributed by atoms with E-state index >= 15 is 0 Å². The largest absolute Gasteiger partial charge is 0.472 e. The van der Waals surface area contributed by atoms with Crippen molar-refractivity contribution in [3.05, 3.63) is 88.5 Å². The number of para-hydroxylation sites is 1. The Morgan fingerprint density at radius 1 is 1.11 bits per heavy atom. The van der Waals surface area contributed by atoms with Crippen molar-refractivity contribution < 1.29 is 9.34 Å². The number of nitrogens with zero attached hydrogens (tertiary/aromatic N) is 2. The van der Waals surface area contributed by atoms with Crippen LogP contribution in [0.1, 0.15) is 11.1 Å². The summed E-state index contributed by atoms with van der Waals surface area (Å²) >= 11 is 1.40. The van der Waals surface area contributed by atoms with Gasteiger partial charge < -0.3 is 14.7 Å². The number of hydrogen-bond acceptors (Lipinski definition) is 5. The molecule has 4 aromatic rings. The molecule has 0 amide bonds. The lowest BCUT2D eigenvalue weighted by molar-refractivity contribution is -0.387. The van der Waals surface area contributed by atoms with Gasteiger partial charge >= 0.3 is 0 Å². The van der Waals surface area contributed by atoms with Gasteiger partial charge in [-0.2, -0.15) is 0 Å². The molecule has 0 atom stereocenters. The number of nitro benzene ring substituents is 1. The molecule has 0 bridgehead atoms. The van der Waals surface area contributed by atoms with Crippen molar-refractivity contribution in [2.75, 3.05) is 0 Å². The maximum atomic E-state index is 11.3. The van der Waals surface area contributed by atoms with Crippen LogP contribution in [0.2, 0.25) is 0 Å². The molecule has 0 aliphatic rings. The number of hydrogen-bond donors (Lipinski definition) is 1. The predicted molar refractivity (Wildman–Crippen MR) is 105 cm³/mol. The number of fused-ring (bicyclic) bond motifs is 1. The van der Waals surface area contributed by atoms with E-state index < -0.39 is 0 Å². The molecule has 2 heterocycles. The number of rotatable bonds is 6. The lowest BCUT2D eigenvalue weighted by Gasteiger charge is -2.04. The first-order valence-electron chi connectivity index (χ1n) is 8.40. The molecule has 0 unspecified atom stereocenters. The first kappa shape index (κ1) is 17.4. The quantitative estimate of drug-likeness (QED) is 0.384. The number of furan rings is 1. The highest BCUT2D eigenvalue weighted by Crippen LogP contribution is 2.39. The first-order chi connectivity index (χ1) is 13.2. The van der Waals surface area contributed by atoms with Crippen LogP contribution < -0.4 is 5.73 Å². The van der Waals surface area contributed by atoms with Gasteiger partial charge in [0, 0.05) is 40.2 Å². The van der Waals surface area contributed by atoms with Gasteiger partial charge in [0.05, 0.1) is 28.9 Å². The van der Waals surface area contributed by atoms with Gasteiger partial charge in [0.2, 0.25) is 0 Å². The molecule has 0 aliphatic carbocycles. The van der Waals surface area contributed by atoms with Gasteiger partial charge in [-0.25, -0.2) is 0 Å². The van der Waals surface area contributed by atoms with Crippen LogP contribution in [0.25, 0.3) is 10.9 Å². The highest BCUT2D eigenvalue weighted by Gasteiger charge is 2.17. The molecular weight excluding hydrogens is 362 g/mol. The van der Waals surface area contributed by atoms with Gasteiger partial charge in [-0.1, -0.05) is 36.0 Å². The minimum atomic E-state index is -0.348. The zero-order chi connectivity index (χ0) is 18.8. The predicted octanol–water partition coefficient (Wildman–Crippen LogP) is 4.80. The first-order valence-corrected chi connectivity index (χ1v) is 9.21. The topological polar surface area (TPSA) is 87.2 Å². The molecule has 0 radical (unpaired) electrons. The third-order valence-corrected chi connectivity index (χ3v) is 5.47. The van der Waals surface area contributed by atoms with Crippen LogP contribution >= 0.6 is 11.8 Å². The van der Waals surface area contributed by atoms with E-state index in [-0.39, 0.29) is 10.6 Å². The Morgan fingerprint density at radius 2 is 1.96 bits per heavy atom. The minimum absolute atomic E-state index is 0.108. The van der Waals surface area contributed by atoms with Crippen LogP contribution in [0.5, 0.6) is 0 Å². The summed E-state index contributed by atoms with van der Waals surface area (Å²) in [6, 6.07) is 14.8. The summed E-state index contributed by atoms with van der Waals surface area (Å²) in [4.78, 5) is 12.6. The average molecular weight is 379 g/mol. The third-order valence-electron chi connectivity index (χ3n) is 4.36. The van der Waals surface area contributed by atoms with Crippen LogP contribution in [0.15, 0.2) is 81.5 Å². The molecule has 6 nitrogen and oxygen atoms in total. The van der Waals surface area contributed by atoms with Crippen molar-refractivity contribution in [1.82, 2.24) is 4.57 Å². The van der Waals surface area contributed by atoms with E-state index in [1.165, 1.54) is 17.8 Å². The van der Waals surface area contributed by atoms with E-state index in [4.69, 9.17) is 10.2 Å². The highest BCUT2D eigenvalue weighted by atomic mass is 32.2. The highest BCUT2D eigenvalue weighted by molar-refractivity contribution is 7.99. The summed E-state index contributed by atoms with van der Waals surface area (Å²) < 4.78 is 7.30. The Morgan fingerprint density at radius 3 is 2.70 bits per heavy atom. The fourth-order valence-electron chi connectivity index (χ4n) is 3.04. The van der Waals surface area contributed by atoms with Gasteiger partial charge in [-0.3, -0.25) is 10.1 Å². The van der Waals surface area contributed by atoms with Crippen molar-refractivity contribution in [2.24, 2.45) is 5.73 Å². The molecule has 0 saturated heterocycles. The number of benzene rings is 2. The summed E-state index contributed by atoms with van der Waals surface area (Å²) in [7, 11) is 0. The Hall–Kier alpha value is -3.03. The molecule has 0 spiro atoms. The average Bonchev–Trinajstić information content (AvgIpc) is 3.30. The number of aromatic nitrogens is 1. The monoisotopic (exact) mass is 379 g/mol. The van der Waals surface area contributed by atoms with Gasteiger partial charge in [0.15, 0.2) is 0 Å². The fraction of sp³-hybridized carbons (Fsp3) is 0.100. The Labute approximate surface area is 159 Å². The fourth-order valence-corrected chi connectivity index (χ4v) is 4.13. The molecule has 27 heavy (non-hydrogen) atoms. The molecule has 0 aliphatic heterocycles. The van der Waals surface area contributed by atoms with Crippen LogP contribution in [0.3, 0.4) is 0 Å². The zero-order valence-electron chi connectivity index (χ0n) is 14.4. The van der Waals surface area contributed by atoms with Crippen LogP contribution in [-0.4, -0.2) is 9.49 Å². The molecule has 0 saturated carbocycles. The zero-order valence-corrected chi connectivity index (χ0v) is 15.2. The number of nitrogens with two attached hydrogens (primary N) is 1. The number of nitro groups is 1. The van der Waals surface area contributed by atoms with Gasteiger partial charge in [-0.15, -0.1) is 0 Å². The van der Waals surface area contributed by atoms with Crippen molar-refractivity contribution in [3.8, 4) is 0 Å². The third kappa shape index (κ3) is 3.47. The molecule has 7 heteroatoms. The smallest absolute Gasteiger partial charge is 0.283 e. The summed E-state index contributed by atoms with van der Waals surface area (Å²) in [6.45, 7) is 1.11. The van der Waals surface area contributed by atoms with Crippen molar-refractivity contribution in [1.29, 1.82) is 0 Å². The van der Waals surface area contributed by atoms with E-state index in [1.807, 2.05) is 30.5 Å². The molecule has 2 aromatic heterocycles. The molecule has 2 aromatic carbocycles. The lowest BCUT2D eigenvalue weighted by Crippen LogP contribution is -1.99. The summed E-state index contributed by atoms with van der Waals surface area (Å²) in [5.74, 6) is 0. The molecule has 0 fully saturated rings. The summed E-state index contributed by atoms with van der Waals surface area (Å²) in [6.07, 6.45) is 5.39. The van der Waals surface area contributed by atoms with Gasteiger partial charge in [0.1, 0.15) is 0 Å². The second-order valence-electron chi connectivity index (χ2n) is 6.14. The van der Waals surface area contributed by atoms with Gasteiger partial charge in [-0.05, 0) is 23.8 Å². The summed E-state index contributed by atoms with van der Waals surface area (Å²) in [5, 5.41) is 12.4. The molecule has 136 valence electrons. The second-order valence-corrected chi connectivity index (χ2v) is 7.22. The van der Waals surface area contributed by atoms with Crippen LogP contribution in [0, 0.1) is 10.1 Å². The lowest BCUT2D eigenvalue weighted by atomic mass is 10.1. The van der Waals surface area contributed by atoms with E-state index in [0.717, 1.165) is 26.9 Å². The second kappa shape index (κ2) is 7.30.